The monoisotopic (exact) mass is 373 g/mol. The second-order valence-corrected chi connectivity index (χ2v) is 6.01. The van der Waals surface area contributed by atoms with Crippen LogP contribution in [0.3, 0.4) is 0 Å². The fraction of sp³-hybridized carbons (Fsp3) is 0.176. The molecule has 3 rings (SSSR count). The molecular formula is C17H16BrN3O2. The summed E-state index contributed by atoms with van der Waals surface area (Å²) in [6, 6.07) is 11.7. The van der Waals surface area contributed by atoms with Gasteiger partial charge in [0.15, 0.2) is 0 Å². The molecule has 0 bridgehead atoms. The van der Waals surface area contributed by atoms with Crippen molar-refractivity contribution in [2.24, 2.45) is 0 Å². The van der Waals surface area contributed by atoms with Crippen LogP contribution in [0.15, 0.2) is 51.5 Å². The van der Waals surface area contributed by atoms with Crippen molar-refractivity contribution in [1.29, 1.82) is 0 Å². The number of furan rings is 1. The van der Waals surface area contributed by atoms with Crippen molar-refractivity contribution in [1.82, 2.24) is 9.78 Å². The smallest absolute Gasteiger partial charge is 0.261 e. The first-order valence-electron chi connectivity index (χ1n) is 7.19. The van der Waals surface area contributed by atoms with E-state index >= 15 is 0 Å². The van der Waals surface area contributed by atoms with Gasteiger partial charge in [0.25, 0.3) is 5.91 Å². The summed E-state index contributed by atoms with van der Waals surface area (Å²) in [4.78, 5) is 12.5. The lowest BCUT2D eigenvalue weighted by Crippen LogP contribution is -2.17. The lowest BCUT2D eigenvalue weighted by Gasteiger charge is -2.09. The third kappa shape index (κ3) is 3.22. The number of nitrogens with zero attached hydrogens (tertiary/aromatic N) is 2. The number of amides is 1. The van der Waals surface area contributed by atoms with E-state index in [-0.39, 0.29) is 5.91 Å². The Hall–Kier alpha value is -2.34. The van der Waals surface area contributed by atoms with Crippen molar-refractivity contribution in [3.63, 3.8) is 0 Å². The predicted molar refractivity (Wildman–Crippen MR) is 91.6 cm³/mol. The van der Waals surface area contributed by atoms with E-state index < -0.39 is 0 Å². The Bertz CT molecular complexity index is 837. The van der Waals surface area contributed by atoms with E-state index in [0.717, 1.165) is 5.56 Å². The summed E-state index contributed by atoms with van der Waals surface area (Å²) in [6.07, 6.45) is 1.67. The molecule has 0 saturated heterocycles. The molecule has 3 aromatic rings. The molecule has 0 radical (unpaired) electrons. The predicted octanol–water partition coefficient (Wildman–Crippen LogP) is 4.16. The minimum absolute atomic E-state index is 0.221. The van der Waals surface area contributed by atoms with Gasteiger partial charge in [-0.1, -0.05) is 30.3 Å². The number of anilines is 1. The molecule has 0 spiro atoms. The van der Waals surface area contributed by atoms with E-state index in [1.54, 1.807) is 23.9 Å². The molecule has 23 heavy (non-hydrogen) atoms. The van der Waals surface area contributed by atoms with Gasteiger partial charge in [0.05, 0.1) is 22.8 Å². The van der Waals surface area contributed by atoms with Crippen molar-refractivity contribution in [3.8, 4) is 0 Å². The second kappa shape index (κ2) is 6.42. The van der Waals surface area contributed by atoms with Gasteiger partial charge < -0.3 is 9.73 Å². The molecule has 0 atom stereocenters. The molecule has 0 unspecified atom stereocenters. The fourth-order valence-corrected chi connectivity index (χ4v) is 2.96. The van der Waals surface area contributed by atoms with Crippen LogP contribution in [0, 0.1) is 13.8 Å². The number of carbonyl (C=O) groups excluding carboxylic acids is 1. The number of benzene rings is 1. The summed E-state index contributed by atoms with van der Waals surface area (Å²) in [5.74, 6) is 1.69. The molecule has 1 aromatic carbocycles. The zero-order valence-corrected chi connectivity index (χ0v) is 14.4. The van der Waals surface area contributed by atoms with Gasteiger partial charge in [-0.05, 0) is 35.3 Å². The Morgan fingerprint density at radius 2 is 1.96 bits per heavy atom. The number of hydrogen-bond acceptors (Lipinski definition) is 3. The largest absolute Gasteiger partial charge is 0.465 e. The van der Waals surface area contributed by atoms with Gasteiger partial charge >= 0.3 is 0 Å². The summed E-state index contributed by atoms with van der Waals surface area (Å²) in [6.45, 7) is 4.18. The van der Waals surface area contributed by atoms with E-state index in [0.29, 0.717) is 33.9 Å². The van der Waals surface area contributed by atoms with Gasteiger partial charge in [0.2, 0.25) is 0 Å². The van der Waals surface area contributed by atoms with Crippen molar-refractivity contribution < 1.29 is 9.21 Å². The summed E-state index contributed by atoms with van der Waals surface area (Å²) in [5.41, 5.74) is 1.62. The van der Waals surface area contributed by atoms with Crippen LogP contribution >= 0.6 is 15.9 Å². The highest BCUT2D eigenvalue weighted by Crippen LogP contribution is 2.28. The fourth-order valence-electron chi connectivity index (χ4n) is 2.42. The molecule has 118 valence electrons. The summed E-state index contributed by atoms with van der Waals surface area (Å²) in [5, 5.41) is 7.17. The molecule has 0 aliphatic heterocycles. The Morgan fingerprint density at radius 1 is 1.22 bits per heavy atom. The quantitative estimate of drug-likeness (QED) is 0.746. The highest BCUT2D eigenvalue weighted by molar-refractivity contribution is 9.10. The number of aryl methyl sites for hydroxylation is 2. The molecular weight excluding hydrogens is 358 g/mol. The number of carbonyl (C=O) groups is 1. The molecule has 1 N–H and O–H groups in total. The average Bonchev–Trinajstić information content (AvgIpc) is 3.05. The van der Waals surface area contributed by atoms with Crippen LogP contribution in [0.5, 0.6) is 0 Å². The third-order valence-electron chi connectivity index (χ3n) is 3.55. The summed E-state index contributed by atoms with van der Waals surface area (Å²) < 4.78 is 7.92. The Labute approximate surface area is 142 Å². The SMILES string of the molecule is Cc1oc(C)c(C(=O)Nc2ccnn2Cc2ccccc2)c1Br. The van der Waals surface area contributed by atoms with Gasteiger partial charge in [-0.2, -0.15) is 5.10 Å². The first-order chi connectivity index (χ1) is 11.1. The van der Waals surface area contributed by atoms with E-state index in [2.05, 4.69) is 26.3 Å². The topological polar surface area (TPSA) is 60.1 Å². The van der Waals surface area contributed by atoms with Gasteiger partial charge in [-0.15, -0.1) is 0 Å². The van der Waals surface area contributed by atoms with E-state index in [1.807, 2.05) is 37.3 Å². The molecule has 6 heteroatoms. The minimum atomic E-state index is -0.221. The van der Waals surface area contributed by atoms with E-state index in [4.69, 9.17) is 4.42 Å². The molecule has 2 heterocycles. The number of nitrogens with one attached hydrogen (secondary N) is 1. The molecule has 0 aliphatic carbocycles. The maximum atomic E-state index is 12.5. The molecule has 0 fully saturated rings. The third-order valence-corrected chi connectivity index (χ3v) is 4.50. The van der Waals surface area contributed by atoms with Crippen molar-refractivity contribution >= 4 is 27.7 Å². The molecule has 5 nitrogen and oxygen atoms in total. The van der Waals surface area contributed by atoms with E-state index in [1.165, 1.54) is 0 Å². The molecule has 0 saturated carbocycles. The lowest BCUT2D eigenvalue weighted by atomic mass is 10.2. The minimum Gasteiger partial charge on any atom is -0.465 e. The first kappa shape index (κ1) is 15.6. The average molecular weight is 374 g/mol. The Morgan fingerprint density at radius 3 is 2.61 bits per heavy atom. The maximum absolute atomic E-state index is 12.5. The first-order valence-corrected chi connectivity index (χ1v) is 7.98. The maximum Gasteiger partial charge on any atom is 0.261 e. The van der Waals surface area contributed by atoms with Crippen LogP contribution in [0.25, 0.3) is 0 Å². The van der Waals surface area contributed by atoms with Crippen molar-refractivity contribution in [2.45, 2.75) is 20.4 Å². The van der Waals surface area contributed by atoms with Gasteiger partial charge in [-0.3, -0.25) is 4.79 Å². The number of hydrogen-bond donors (Lipinski definition) is 1. The van der Waals surface area contributed by atoms with Crippen molar-refractivity contribution in [3.05, 3.63) is 69.7 Å². The lowest BCUT2D eigenvalue weighted by molar-refractivity contribution is 0.102. The van der Waals surface area contributed by atoms with Crippen LogP contribution in [-0.2, 0) is 6.54 Å². The Balaban J connectivity index is 1.81. The highest BCUT2D eigenvalue weighted by atomic mass is 79.9. The number of halogens is 1. The van der Waals surface area contributed by atoms with Crippen LogP contribution in [0.4, 0.5) is 5.82 Å². The van der Waals surface area contributed by atoms with Crippen LogP contribution in [-0.4, -0.2) is 15.7 Å². The van der Waals surface area contributed by atoms with Gasteiger partial charge in [0, 0.05) is 6.07 Å². The summed E-state index contributed by atoms with van der Waals surface area (Å²) in [7, 11) is 0. The van der Waals surface area contributed by atoms with E-state index in [9.17, 15) is 4.79 Å². The van der Waals surface area contributed by atoms with Gasteiger partial charge in [0.1, 0.15) is 17.3 Å². The van der Waals surface area contributed by atoms with Crippen LogP contribution < -0.4 is 5.32 Å². The second-order valence-electron chi connectivity index (χ2n) is 5.22. The molecule has 0 aliphatic rings. The van der Waals surface area contributed by atoms with Gasteiger partial charge in [-0.25, -0.2) is 4.68 Å². The normalized spacial score (nSPS) is 10.7. The van der Waals surface area contributed by atoms with Crippen LogP contribution in [0.1, 0.15) is 27.4 Å². The van der Waals surface area contributed by atoms with Crippen LogP contribution in [0.2, 0.25) is 0 Å². The van der Waals surface area contributed by atoms with Crippen molar-refractivity contribution in [2.75, 3.05) is 5.32 Å². The Kier molecular flexibility index (Phi) is 4.34. The highest BCUT2D eigenvalue weighted by Gasteiger charge is 2.20. The molecule has 2 aromatic heterocycles. The summed E-state index contributed by atoms with van der Waals surface area (Å²) >= 11 is 3.40. The zero-order chi connectivity index (χ0) is 16.4. The molecule has 1 amide bonds. The number of aromatic nitrogens is 2. The number of rotatable bonds is 4. The zero-order valence-electron chi connectivity index (χ0n) is 12.8. The standard InChI is InChI=1S/C17H16BrN3O2/c1-11-15(16(18)12(2)23-11)17(22)20-14-8-9-19-21(14)10-13-6-4-3-5-7-13/h3-9H,10H2,1-2H3,(H,20,22).